The summed E-state index contributed by atoms with van der Waals surface area (Å²) < 4.78 is 0. The van der Waals surface area contributed by atoms with Crippen molar-refractivity contribution < 1.29 is 0 Å². The van der Waals surface area contributed by atoms with Gasteiger partial charge in [0, 0.05) is 38.4 Å². The summed E-state index contributed by atoms with van der Waals surface area (Å²) in [4.78, 5) is 19.3. The standard InChI is InChI=1S/C41H23N5/c1-43-32-23-26(25-42)22-31(24-32)27-16-18-30(19-17-27)38-34-20-21-36-41(37(34)33-14-8-9-15-35(33)44-38)46-40(29-12-6-3-7-13-29)39(45-36)28-10-4-2-5-11-28/h2-24H. The number of nitriles is 1. The summed E-state index contributed by atoms with van der Waals surface area (Å²) in [5.74, 6) is 0. The number of hydrogen-bond donors (Lipinski definition) is 0. The monoisotopic (exact) mass is 585 g/mol. The number of fused-ring (bicyclic) bond motifs is 5. The maximum Gasteiger partial charge on any atom is 0.189 e. The van der Waals surface area contributed by atoms with Gasteiger partial charge in [-0.05, 0) is 47.5 Å². The Morgan fingerprint density at radius 2 is 1.11 bits per heavy atom. The van der Waals surface area contributed by atoms with Gasteiger partial charge in [0.2, 0.25) is 0 Å². The lowest BCUT2D eigenvalue weighted by Gasteiger charge is -2.15. The van der Waals surface area contributed by atoms with Crippen LogP contribution in [0, 0.1) is 17.9 Å². The van der Waals surface area contributed by atoms with Gasteiger partial charge in [-0.25, -0.2) is 19.8 Å². The molecule has 2 aromatic heterocycles. The first-order valence-corrected chi connectivity index (χ1v) is 14.9. The van der Waals surface area contributed by atoms with Gasteiger partial charge in [0.1, 0.15) is 0 Å². The second-order valence-corrected chi connectivity index (χ2v) is 11.1. The van der Waals surface area contributed by atoms with Crippen LogP contribution in [0.2, 0.25) is 0 Å². The Morgan fingerprint density at radius 1 is 0.500 bits per heavy atom. The molecule has 8 rings (SSSR count). The third kappa shape index (κ3) is 4.61. The Labute approximate surface area is 265 Å². The molecule has 0 radical (unpaired) electrons. The van der Waals surface area contributed by atoms with E-state index in [1.54, 1.807) is 6.07 Å². The highest BCUT2D eigenvalue weighted by Crippen LogP contribution is 2.39. The molecule has 212 valence electrons. The van der Waals surface area contributed by atoms with Crippen molar-refractivity contribution in [1.82, 2.24) is 15.0 Å². The van der Waals surface area contributed by atoms with E-state index in [9.17, 15) is 5.26 Å². The van der Waals surface area contributed by atoms with E-state index in [1.165, 1.54) is 0 Å². The fourth-order valence-corrected chi connectivity index (χ4v) is 6.10. The fourth-order valence-electron chi connectivity index (χ4n) is 6.10. The van der Waals surface area contributed by atoms with Crippen molar-refractivity contribution in [3.8, 4) is 51.0 Å². The quantitative estimate of drug-likeness (QED) is 0.152. The van der Waals surface area contributed by atoms with Crippen LogP contribution in [0.15, 0.2) is 140 Å². The molecule has 0 unspecified atom stereocenters. The molecule has 0 bridgehead atoms. The van der Waals surface area contributed by atoms with E-state index < -0.39 is 0 Å². The largest absolute Gasteiger partial charge is 0.247 e. The van der Waals surface area contributed by atoms with Gasteiger partial charge in [0.15, 0.2) is 5.69 Å². The molecule has 5 heteroatoms. The van der Waals surface area contributed by atoms with E-state index in [4.69, 9.17) is 21.5 Å². The van der Waals surface area contributed by atoms with Crippen LogP contribution >= 0.6 is 0 Å². The molecule has 8 aromatic rings. The number of hydrogen-bond acceptors (Lipinski definition) is 4. The zero-order chi connectivity index (χ0) is 31.0. The maximum atomic E-state index is 9.47. The van der Waals surface area contributed by atoms with Gasteiger partial charge in [-0.2, -0.15) is 5.26 Å². The molecule has 0 aliphatic carbocycles. The van der Waals surface area contributed by atoms with E-state index in [2.05, 4.69) is 47.3 Å². The first kappa shape index (κ1) is 26.9. The van der Waals surface area contributed by atoms with Gasteiger partial charge >= 0.3 is 0 Å². The molecule has 0 aliphatic heterocycles. The summed E-state index contributed by atoms with van der Waals surface area (Å²) >= 11 is 0. The van der Waals surface area contributed by atoms with E-state index >= 15 is 0 Å². The van der Waals surface area contributed by atoms with E-state index in [-0.39, 0.29) is 0 Å². The minimum absolute atomic E-state index is 0.443. The Bertz CT molecular complexity index is 2490. The van der Waals surface area contributed by atoms with E-state index in [1.807, 2.05) is 97.1 Å². The van der Waals surface area contributed by atoms with Crippen LogP contribution in [0.25, 0.3) is 82.5 Å². The van der Waals surface area contributed by atoms with Crippen LogP contribution in [0.4, 0.5) is 5.69 Å². The normalized spacial score (nSPS) is 11.0. The van der Waals surface area contributed by atoms with Crippen molar-refractivity contribution in [3.63, 3.8) is 0 Å². The highest BCUT2D eigenvalue weighted by molar-refractivity contribution is 6.21. The average molecular weight is 586 g/mol. The molecule has 6 aromatic carbocycles. The van der Waals surface area contributed by atoms with Crippen molar-refractivity contribution >= 4 is 38.4 Å². The summed E-state index contributed by atoms with van der Waals surface area (Å²) in [5.41, 5.74) is 10.7. The molecule has 46 heavy (non-hydrogen) atoms. The molecule has 0 aliphatic rings. The number of aromatic nitrogens is 3. The van der Waals surface area contributed by atoms with Crippen molar-refractivity contribution in [3.05, 3.63) is 157 Å². The fraction of sp³-hybridized carbons (Fsp3) is 0. The summed E-state index contributed by atoms with van der Waals surface area (Å²) in [7, 11) is 0. The van der Waals surface area contributed by atoms with Crippen LogP contribution < -0.4 is 0 Å². The zero-order valence-corrected chi connectivity index (χ0v) is 24.5. The summed E-state index contributed by atoms with van der Waals surface area (Å²) in [6, 6.07) is 48.3. The van der Waals surface area contributed by atoms with Crippen LogP contribution in [0.5, 0.6) is 0 Å². The number of nitrogens with zero attached hydrogens (tertiary/aromatic N) is 5. The lowest BCUT2D eigenvalue weighted by Crippen LogP contribution is -1.98. The molecule has 2 heterocycles. The highest BCUT2D eigenvalue weighted by atomic mass is 14.8. The van der Waals surface area contributed by atoms with Gasteiger partial charge in [-0.1, -0.05) is 103 Å². The first-order valence-electron chi connectivity index (χ1n) is 14.9. The van der Waals surface area contributed by atoms with Crippen LogP contribution in [0.1, 0.15) is 5.56 Å². The van der Waals surface area contributed by atoms with Crippen LogP contribution in [-0.4, -0.2) is 15.0 Å². The van der Waals surface area contributed by atoms with Crippen molar-refractivity contribution in [2.24, 2.45) is 0 Å². The Kier molecular flexibility index (Phi) is 6.49. The van der Waals surface area contributed by atoms with Gasteiger partial charge in [-0.3, -0.25) is 0 Å². The lowest BCUT2D eigenvalue weighted by molar-refractivity contribution is 1.30. The average Bonchev–Trinajstić information content (AvgIpc) is 3.14. The van der Waals surface area contributed by atoms with E-state index in [0.717, 1.165) is 77.6 Å². The summed E-state index contributed by atoms with van der Waals surface area (Å²) in [6.07, 6.45) is 0. The Morgan fingerprint density at radius 3 is 1.80 bits per heavy atom. The third-order valence-electron chi connectivity index (χ3n) is 8.26. The van der Waals surface area contributed by atoms with Gasteiger partial charge in [-0.15, -0.1) is 0 Å². The predicted octanol–water partition coefficient (Wildman–Crippen LogP) is 10.4. The molecule has 0 saturated carbocycles. The highest BCUT2D eigenvalue weighted by Gasteiger charge is 2.18. The minimum Gasteiger partial charge on any atom is -0.247 e. The molecular formula is C41H23N5. The molecule has 0 amide bonds. The molecule has 5 nitrogen and oxygen atoms in total. The molecule has 0 N–H and O–H groups in total. The van der Waals surface area contributed by atoms with Gasteiger partial charge in [0.05, 0.1) is 46.3 Å². The predicted molar refractivity (Wildman–Crippen MR) is 185 cm³/mol. The first-order chi connectivity index (χ1) is 22.7. The van der Waals surface area contributed by atoms with Crippen molar-refractivity contribution in [1.29, 1.82) is 5.26 Å². The van der Waals surface area contributed by atoms with Crippen LogP contribution in [0.3, 0.4) is 0 Å². The number of para-hydroxylation sites is 1. The molecular weight excluding hydrogens is 562 g/mol. The zero-order valence-electron chi connectivity index (χ0n) is 24.5. The second-order valence-electron chi connectivity index (χ2n) is 11.1. The third-order valence-corrected chi connectivity index (χ3v) is 8.26. The Hall–Kier alpha value is -6.69. The summed E-state index contributed by atoms with van der Waals surface area (Å²) in [5, 5.41) is 12.5. The minimum atomic E-state index is 0.443. The molecule has 0 atom stereocenters. The van der Waals surface area contributed by atoms with Crippen molar-refractivity contribution in [2.75, 3.05) is 0 Å². The maximum absolute atomic E-state index is 9.47. The lowest BCUT2D eigenvalue weighted by atomic mass is 9.96. The van der Waals surface area contributed by atoms with Gasteiger partial charge < -0.3 is 0 Å². The topological polar surface area (TPSA) is 66.8 Å². The second kappa shape index (κ2) is 11.1. The number of pyridine rings is 1. The molecule has 0 spiro atoms. The van der Waals surface area contributed by atoms with Crippen LogP contribution in [-0.2, 0) is 0 Å². The number of benzene rings is 6. The summed E-state index contributed by atoms with van der Waals surface area (Å²) in [6.45, 7) is 7.44. The van der Waals surface area contributed by atoms with Crippen molar-refractivity contribution in [2.45, 2.75) is 0 Å². The van der Waals surface area contributed by atoms with E-state index in [0.29, 0.717) is 11.3 Å². The number of rotatable bonds is 4. The van der Waals surface area contributed by atoms with Gasteiger partial charge in [0.25, 0.3) is 0 Å². The Balaban J connectivity index is 1.37. The SMILES string of the molecule is [C-]#[N+]c1cc(C#N)cc(-c2ccc(-c3nc4ccccc4c4c3ccc3nc(-c5ccccc5)c(-c5ccccc5)nc34)cc2)c1. The smallest absolute Gasteiger partial charge is 0.189 e. The molecule has 0 fully saturated rings. The molecule has 0 saturated heterocycles.